The molecule has 1 unspecified atom stereocenters. The molecule has 0 heterocycles. The summed E-state index contributed by atoms with van der Waals surface area (Å²) in [5, 5.41) is 12.9. The van der Waals surface area contributed by atoms with Crippen molar-refractivity contribution in [3.05, 3.63) is 47.0 Å². The van der Waals surface area contributed by atoms with E-state index in [9.17, 15) is 14.6 Å². The van der Waals surface area contributed by atoms with Crippen molar-refractivity contribution in [2.45, 2.75) is 33.6 Å². The molecule has 5 nitrogen and oxygen atoms in total. The Hall–Kier alpha value is -1.49. The summed E-state index contributed by atoms with van der Waals surface area (Å²) in [6, 6.07) is 9.02. The predicted molar refractivity (Wildman–Crippen MR) is 113 cm³/mol. The molecular weight excluding hydrogens is 417 g/mol. The van der Waals surface area contributed by atoms with Gasteiger partial charge in [0.1, 0.15) is 17.2 Å². The number of aryl methyl sites for hydroxylation is 2. The number of aromatic hydroxyl groups is 1. The van der Waals surface area contributed by atoms with E-state index >= 15 is 0 Å². The van der Waals surface area contributed by atoms with E-state index in [1.807, 2.05) is 45.9 Å². The molecule has 0 radical (unpaired) electrons. The van der Waals surface area contributed by atoms with E-state index in [1.54, 1.807) is 12.1 Å². The molecule has 0 bridgehead atoms. The van der Waals surface area contributed by atoms with Crippen molar-refractivity contribution in [1.82, 2.24) is 0 Å². The van der Waals surface area contributed by atoms with Gasteiger partial charge in [-0.3, -0.25) is 4.57 Å². The third-order valence-electron chi connectivity index (χ3n) is 3.88. The van der Waals surface area contributed by atoms with Crippen molar-refractivity contribution in [2.75, 3.05) is 18.3 Å². The van der Waals surface area contributed by atoms with Gasteiger partial charge >= 0.3 is 0 Å². The van der Waals surface area contributed by atoms with Crippen molar-refractivity contribution < 1.29 is 19.3 Å². The maximum absolute atomic E-state index is 11.4. The van der Waals surface area contributed by atoms with Gasteiger partial charge < -0.3 is 20.1 Å². The summed E-state index contributed by atoms with van der Waals surface area (Å²) in [6.45, 7) is 9.23. The van der Waals surface area contributed by atoms with Gasteiger partial charge in [0, 0.05) is 17.9 Å². The first-order valence-corrected chi connectivity index (χ1v) is 10.5. The lowest BCUT2D eigenvalue weighted by molar-refractivity contribution is 0.452. The summed E-state index contributed by atoms with van der Waals surface area (Å²) in [7, 11) is -3.11. The number of hydrogen-bond donors (Lipinski definition) is 3. The lowest BCUT2D eigenvalue weighted by Gasteiger charge is -2.17. The number of benzene rings is 2. The lowest BCUT2D eigenvalue weighted by atomic mass is 10.0. The summed E-state index contributed by atoms with van der Waals surface area (Å²) >= 11 is 0. The number of halogens is 1. The van der Waals surface area contributed by atoms with E-state index in [1.165, 1.54) is 6.66 Å². The third-order valence-corrected chi connectivity index (χ3v) is 4.62. The first-order valence-electron chi connectivity index (χ1n) is 8.22. The monoisotopic (exact) mass is 443 g/mol. The summed E-state index contributed by atoms with van der Waals surface area (Å²) in [5.41, 5.74) is 3.47. The molecule has 0 spiro atoms. The van der Waals surface area contributed by atoms with Crippen LogP contribution in [-0.4, -0.2) is 23.0 Å². The Labute approximate surface area is 165 Å². The molecule has 144 valence electrons. The fraction of sp³-hybridized carbons (Fsp3) is 0.368. The predicted octanol–water partition coefficient (Wildman–Crippen LogP) is 5.77. The minimum atomic E-state index is -3.11. The van der Waals surface area contributed by atoms with Gasteiger partial charge in [0.2, 0.25) is 7.37 Å². The molecule has 2 aromatic rings. The highest BCUT2D eigenvalue weighted by atomic mass is 79.9. The summed E-state index contributed by atoms with van der Waals surface area (Å²) in [5.74, 6) is 1.88. The average molecular weight is 444 g/mol. The van der Waals surface area contributed by atoms with Crippen LogP contribution in [0.5, 0.6) is 17.2 Å². The molecule has 1 atom stereocenters. The van der Waals surface area contributed by atoms with Crippen LogP contribution in [0.1, 0.15) is 36.5 Å². The Morgan fingerprint density at radius 1 is 1.15 bits per heavy atom. The number of nitrogens with one attached hydrogen (secondary N) is 1. The standard InChI is InChI=1S/C19H26NO4P.BrH/c1-12(2)17-10-16(6-7-18(17)21)24-19-13(3)8-15(9-14(19)4)20-11-25(5,22)23;/h6-10,12,20-21H,11H2,1-5H3,(H,22,23);1H. The smallest absolute Gasteiger partial charge is 0.216 e. The topological polar surface area (TPSA) is 78.8 Å². The van der Waals surface area contributed by atoms with Crippen LogP contribution < -0.4 is 10.1 Å². The number of phenolic OH excluding ortho intramolecular Hbond substituents is 1. The molecule has 2 aromatic carbocycles. The second-order valence-electron chi connectivity index (χ2n) is 6.80. The highest BCUT2D eigenvalue weighted by molar-refractivity contribution is 8.93. The number of anilines is 1. The van der Waals surface area contributed by atoms with E-state index in [0.29, 0.717) is 5.75 Å². The fourth-order valence-electron chi connectivity index (χ4n) is 2.63. The molecule has 0 aliphatic rings. The Kier molecular flexibility index (Phi) is 7.75. The van der Waals surface area contributed by atoms with Crippen LogP contribution in [-0.2, 0) is 4.57 Å². The van der Waals surface area contributed by atoms with Crippen LogP contribution in [0, 0.1) is 13.8 Å². The first-order chi connectivity index (χ1) is 11.6. The SMILES string of the molecule is Br.Cc1cc(NCP(C)(=O)O)cc(C)c1Oc1ccc(O)c(C(C)C)c1. The number of phenols is 1. The lowest BCUT2D eigenvalue weighted by Crippen LogP contribution is -2.03. The van der Waals surface area contributed by atoms with E-state index in [-0.39, 0.29) is 34.9 Å². The minimum Gasteiger partial charge on any atom is -0.508 e. The minimum absolute atomic E-state index is 0. The van der Waals surface area contributed by atoms with Crippen LogP contribution in [0.2, 0.25) is 0 Å². The average Bonchev–Trinajstić information content (AvgIpc) is 2.49. The summed E-state index contributed by atoms with van der Waals surface area (Å²) < 4.78 is 17.5. The second kappa shape index (κ2) is 8.94. The molecule has 0 aliphatic carbocycles. The van der Waals surface area contributed by atoms with Gasteiger partial charge in [-0.05, 0) is 61.2 Å². The van der Waals surface area contributed by atoms with E-state index in [2.05, 4.69) is 5.32 Å². The third kappa shape index (κ3) is 6.04. The van der Waals surface area contributed by atoms with Gasteiger partial charge in [0.05, 0.1) is 6.29 Å². The maximum Gasteiger partial charge on any atom is 0.216 e. The number of rotatable bonds is 6. The second-order valence-corrected chi connectivity index (χ2v) is 9.22. The zero-order valence-corrected chi connectivity index (χ0v) is 18.3. The zero-order chi connectivity index (χ0) is 18.8. The van der Waals surface area contributed by atoms with E-state index in [0.717, 1.165) is 28.1 Å². The molecule has 0 fully saturated rings. The zero-order valence-electron chi connectivity index (χ0n) is 15.7. The van der Waals surface area contributed by atoms with Gasteiger partial charge in [-0.1, -0.05) is 13.8 Å². The van der Waals surface area contributed by atoms with Crippen LogP contribution in [0.3, 0.4) is 0 Å². The Balaban J connectivity index is 0.00000338. The van der Waals surface area contributed by atoms with Crippen molar-refractivity contribution in [1.29, 1.82) is 0 Å². The quantitative estimate of drug-likeness (QED) is 0.493. The molecule has 7 heteroatoms. The van der Waals surface area contributed by atoms with Crippen molar-refractivity contribution in [3.63, 3.8) is 0 Å². The Morgan fingerprint density at radius 3 is 2.23 bits per heavy atom. The fourth-order valence-corrected chi connectivity index (χ4v) is 3.10. The molecule has 2 rings (SSSR count). The summed E-state index contributed by atoms with van der Waals surface area (Å²) in [6.07, 6.45) is 0.0296. The maximum atomic E-state index is 11.4. The van der Waals surface area contributed by atoms with Crippen molar-refractivity contribution >= 4 is 30.0 Å². The van der Waals surface area contributed by atoms with Gasteiger partial charge in [-0.25, -0.2) is 0 Å². The molecule has 26 heavy (non-hydrogen) atoms. The number of hydrogen-bond acceptors (Lipinski definition) is 4. The van der Waals surface area contributed by atoms with Gasteiger partial charge in [0.15, 0.2) is 0 Å². The summed E-state index contributed by atoms with van der Waals surface area (Å²) in [4.78, 5) is 9.41. The van der Waals surface area contributed by atoms with E-state index < -0.39 is 7.37 Å². The van der Waals surface area contributed by atoms with Crippen LogP contribution >= 0.6 is 24.4 Å². The van der Waals surface area contributed by atoms with Gasteiger partial charge in [-0.15, -0.1) is 17.0 Å². The molecule has 0 saturated carbocycles. The van der Waals surface area contributed by atoms with Gasteiger partial charge in [0.25, 0.3) is 0 Å². The molecule has 0 aliphatic heterocycles. The van der Waals surface area contributed by atoms with Crippen LogP contribution in [0.25, 0.3) is 0 Å². The van der Waals surface area contributed by atoms with Crippen molar-refractivity contribution in [3.8, 4) is 17.2 Å². The Bertz CT molecular complexity index is 794. The molecule has 0 aromatic heterocycles. The molecule has 0 amide bonds. The van der Waals surface area contributed by atoms with Crippen LogP contribution in [0.4, 0.5) is 5.69 Å². The molecule has 3 N–H and O–H groups in total. The Morgan fingerprint density at radius 2 is 1.73 bits per heavy atom. The normalized spacial score (nSPS) is 13.0. The highest BCUT2D eigenvalue weighted by Crippen LogP contribution is 2.37. The van der Waals surface area contributed by atoms with Gasteiger partial charge in [-0.2, -0.15) is 0 Å². The molecule has 0 saturated heterocycles. The number of ether oxygens (including phenoxy) is 1. The van der Waals surface area contributed by atoms with Crippen molar-refractivity contribution in [2.24, 2.45) is 0 Å². The molecular formula is C19H27BrNO4P. The highest BCUT2D eigenvalue weighted by Gasteiger charge is 2.13. The first kappa shape index (κ1) is 22.6. The largest absolute Gasteiger partial charge is 0.508 e. The van der Waals surface area contributed by atoms with Crippen LogP contribution in [0.15, 0.2) is 30.3 Å². The van der Waals surface area contributed by atoms with E-state index in [4.69, 9.17) is 4.74 Å².